The zero-order chi connectivity index (χ0) is 19.4. The van der Waals surface area contributed by atoms with Crippen LogP contribution in [-0.4, -0.2) is 35.0 Å². The van der Waals surface area contributed by atoms with E-state index in [1.807, 2.05) is 24.3 Å². The number of aromatic nitrogens is 3. The molecule has 0 amide bonds. The summed E-state index contributed by atoms with van der Waals surface area (Å²) >= 11 is 6.17. The second kappa shape index (κ2) is 8.08. The normalized spacial score (nSPS) is 16.0. The number of halogens is 1. The zero-order valence-electron chi connectivity index (χ0n) is 15.6. The van der Waals surface area contributed by atoms with Gasteiger partial charge in [-0.05, 0) is 30.5 Å². The second-order valence-corrected chi connectivity index (χ2v) is 7.47. The van der Waals surface area contributed by atoms with Crippen LogP contribution in [0, 0.1) is 0 Å². The van der Waals surface area contributed by atoms with Gasteiger partial charge in [0, 0.05) is 19.1 Å². The number of esters is 1. The average molecular weight is 390 g/mol. The molecule has 0 bridgehead atoms. The number of nitrogen functional groups attached to an aromatic ring is 1. The van der Waals surface area contributed by atoms with E-state index in [1.165, 1.54) is 0 Å². The molecule has 0 saturated heterocycles. The summed E-state index contributed by atoms with van der Waals surface area (Å²) in [7, 11) is 3.61. The third-order valence-corrected chi connectivity index (χ3v) is 5.13. The highest BCUT2D eigenvalue weighted by molar-refractivity contribution is 6.30. The van der Waals surface area contributed by atoms with Gasteiger partial charge in [-0.3, -0.25) is 4.79 Å². The van der Waals surface area contributed by atoms with Crippen LogP contribution in [0.4, 0.5) is 11.9 Å². The molecule has 3 rings (SSSR count). The summed E-state index contributed by atoms with van der Waals surface area (Å²) in [5.74, 6) is 0.587. The lowest BCUT2D eigenvalue weighted by Crippen LogP contribution is -2.39. The third kappa shape index (κ3) is 4.30. The zero-order valence-corrected chi connectivity index (χ0v) is 16.4. The van der Waals surface area contributed by atoms with E-state index in [0.29, 0.717) is 16.8 Å². The third-order valence-electron chi connectivity index (χ3n) is 4.89. The van der Waals surface area contributed by atoms with Gasteiger partial charge in [0.2, 0.25) is 11.9 Å². The summed E-state index contributed by atoms with van der Waals surface area (Å²) in [6.07, 6.45) is 4.56. The van der Waals surface area contributed by atoms with E-state index in [-0.39, 0.29) is 18.5 Å². The van der Waals surface area contributed by atoms with Crippen LogP contribution in [0.2, 0.25) is 5.02 Å². The van der Waals surface area contributed by atoms with Gasteiger partial charge in [-0.25, -0.2) is 0 Å². The maximum absolute atomic E-state index is 13.1. The molecule has 0 spiro atoms. The quantitative estimate of drug-likeness (QED) is 0.785. The van der Waals surface area contributed by atoms with E-state index in [0.717, 1.165) is 37.7 Å². The van der Waals surface area contributed by atoms with Crippen LogP contribution in [0.25, 0.3) is 0 Å². The summed E-state index contributed by atoms with van der Waals surface area (Å²) in [6.45, 7) is -0.0469. The number of carbonyl (C=O) groups is 1. The fourth-order valence-corrected chi connectivity index (χ4v) is 3.70. The van der Waals surface area contributed by atoms with Crippen molar-refractivity contribution in [1.29, 1.82) is 0 Å². The van der Waals surface area contributed by atoms with Crippen LogP contribution in [0.1, 0.15) is 43.5 Å². The first-order valence-corrected chi connectivity index (χ1v) is 9.39. The molecule has 0 unspecified atom stereocenters. The van der Waals surface area contributed by atoms with Crippen LogP contribution >= 0.6 is 11.6 Å². The first-order chi connectivity index (χ1) is 12.9. The molecule has 2 aromatic rings. The van der Waals surface area contributed by atoms with E-state index in [4.69, 9.17) is 22.1 Å². The Labute approximate surface area is 163 Å². The monoisotopic (exact) mass is 389 g/mol. The number of anilines is 2. The lowest BCUT2D eigenvalue weighted by atomic mass is 9.69. The number of nitrogens with zero attached hydrogens (tertiary/aromatic N) is 4. The standard InChI is InChI=1S/C19H24ClN5O2/c1-25(2)18-23-15(22-17(21)24-18)12-27-16(26)19(9-4-3-5-10-19)13-7-6-8-14(20)11-13/h6-8,11H,3-5,9-10,12H2,1-2H3,(H2,21,22,23,24). The number of nitrogens with two attached hydrogens (primary N) is 1. The predicted molar refractivity (Wildman–Crippen MR) is 105 cm³/mol. The minimum absolute atomic E-state index is 0.0469. The lowest BCUT2D eigenvalue weighted by Gasteiger charge is -2.35. The van der Waals surface area contributed by atoms with Crippen molar-refractivity contribution in [2.75, 3.05) is 24.7 Å². The Bertz CT molecular complexity index is 821. The number of rotatable bonds is 5. The number of carbonyl (C=O) groups excluding carboxylic acids is 1. The largest absolute Gasteiger partial charge is 0.457 e. The highest BCUT2D eigenvalue weighted by atomic mass is 35.5. The van der Waals surface area contributed by atoms with Gasteiger partial charge in [0.05, 0.1) is 5.41 Å². The minimum atomic E-state index is -0.675. The summed E-state index contributed by atoms with van der Waals surface area (Å²) < 4.78 is 5.65. The van der Waals surface area contributed by atoms with E-state index >= 15 is 0 Å². The molecule has 1 aromatic carbocycles. The van der Waals surface area contributed by atoms with Crippen LogP contribution in [0.5, 0.6) is 0 Å². The number of hydrogen-bond acceptors (Lipinski definition) is 7. The molecule has 27 heavy (non-hydrogen) atoms. The summed E-state index contributed by atoms with van der Waals surface area (Å²) in [5.41, 5.74) is 5.97. The van der Waals surface area contributed by atoms with Crippen LogP contribution in [0.15, 0.2) is 24.3 Å². The smallest absolute Gasteiger partial charge is 0.317 e. The fraction of sp³-hybridized carbons (Fsp3) is 0.474. The number of benzene rings is 1. The Morgan fingerprint density at radius 3 is 2.63 bits per heavy atom. The first kappa shape index (κ1) is 19.4. The molecule has 1 fully saturated rings. The topological polar surface area (TPSA) is 94.2 Å². The Kier molecular flexibility index (Phi) is 5.79. The van der Waals surface area contributed by atoms with Gasteiger partial charge >= 0.3 is 5.97 Å². The predicted octanol–water partition coefficient (Wildman–Crippen LogP) is 3.12. The lowest BCUT2D eigenvalue weighted by molar-refractivity contribution is -0.153. The van der Waals surface area contributed by atoms with Crippen LogP contribution in [0.3, 0.4) is 0 Å². The molecule has 1 aromatic heterocycles. The summed E-state index contributed by atoms with van der Waals surface area (Å²) in [6, 6.07) is 7.49. The van der Waals surface area contributed by atoms with Gasteiger partial charge in [0.15, 0.2) is 12.4 Å². The van der Waals surface area contributed by atoms with E-state index in [1.54, 1.807) is 19.0 Å². The Morgan fingerprint density at radius 1 is 1.22 bits per heavy atom. The molecule has 7 nitrogen and oxygen atoms in total. The molecule has 8 heteroatoms. The SMILES string of the molecule is CN(C)c1nc(N)nc(COC(=O)C2(c3cccc(Cl)c3)CCCCC2)n1. The molecule has 1 aliphatic carbocycles. The van der Waals surface area contributed by atoms with E-state index < -0.39 is 5.41 Å². The molecule has 1 heterocycles. The van der Waals surface area contributed by atoms with Crippen molar-refractivity contribution in [1.82, 2.24) is 15.0 Å². The highest BCUT2D eigenvalue weighted by Gasteiger charge is 2.42. The van der Waals surface area contributed by atoms with Crippen molar-refractivity contribution in [3.05, 3.63) is 40.7 Å². The minimum Gasteiger partial charge on any atom is -0.457 e. The second-order valence-electron chi connectivity index (χ2n) is 7.03. The molecule has 0 radical (unpaired) electrons. The summed E-state index contributed by atoms with van der Waals surface area (Å²) in [4.78, 5) is 27.3. The van der Waals surface area contributed by atoms with E-state index in [9.17, 15) is 4.79 Å². The molecule has 2 N–H and O–H groups in total. The maximum Gasteiger partial charge on any atom is 0.317 e. The molecular weight excluding hydrogens is 366 g/mol. The Balaban J connectivity index is 1.82. The maximum atomic E-state index is 13.1. The average Bonchev–Trinajstić information content (AvgIpc) is 2.66. The van der Waals surface area contributed by atoms with Gasteiger partial charge in [-0.2, -0.15) is 15.0 Å². The molecular formula is C19H24ClN5O2. The first-order valence-electron chi connectivity index (χ1n) is 9.02. The summed E-state index contributed by atoms with van der Waals surface area (Å²) in [5, 5.41) is 0.617. The molecule has 144 valence electrons. The van der Waals surface area contributed by atoms with Crippen molar-refractivity contribution in [2.45, 2.75) is 44.1 Å². The number of ether oxygens (including phenoxy) is 1. The Morgan fingerprint density at radius 2 is 1.96 bits per heavy atom. The van der Waals surface area contributed by atoms with Crippen LogP contribution in [-0.2, 0) is 21.6 Å². The molecule has 0 atom stereocenters. The van der Waals surface area contributed by atoms with Crippen molar-refractivity contribution < 1.29 is 9.53 Å². The van der Waals surface area contributed by atoms with Crippen molar-refractivity contribution >= 4 is 29.5 Å². The van der Waals surface area contributed by atoms with Gasteiger partial charge in [-0.15, -0.1) is 0 Å². The highest BCUT2D eigenvalue weighted by Crippen LogP contribution is 2.41. The molecule has 1 aliphatic rings. The van der Waals surface area contributed by atoms with Crippen molar-refractivity contribution in [3.63, 3.8) is 0 Å². The van der Waals surface area contributed by atoms with Gasteiger partial charge < -0.3 is 15.4 Å². The molecule has 1 saturated carbocycles. The van der Waals surface area contributed by atoms with Gasteiger partial charge in [0.1, 0.15) is 0 Å². The van der Waals surface area contributed by atoms with E-state index in [2.05, 4.69) is 15.0 Å². The van der Waals surface area contributed by atoms with Gasteiger partial charge in [-0.1, -0.05) is 43.0 Å². The van der Waals surface area contributed by atoms with Crippen molar-refractivity contribution in [3.8, 4) is 0 Å². The van der Waals surface area contributed by atoms with Gasteiger partial charge in [0.25, 0.3) is 0 Å². The van der Waals surface area contributed by atoms with Crippen molar-refractivity contribution in [2.24, 2.45) is 0 Å². The fourth-order valence-electron chi connectivity index (χ4n) is 3.51. The van der Waals surface area contributed by atoms with Crippen LogP contribution < -0.4 is 10.6 Å². The number of hydrogen-bond donors (Lipinski definition) is 1. The molecule has 0 aliphatic heterocycles. The Hall–Kier alpha value is -2.41.